The van der Waals surface area contributed by atoms with E-state index in [1.165, 1.54) is 42.7 Å². The lowest BCUT2D eigenvalue weighted by atomic mass is 10.1. The summed E-state index contributed by atoms with van der Waals surface area (Å²) in [5.41, 5.74) is 3.93. The molecule has 1 unspecified atom stereocenters. The summed E-state index contributed by atoms with van der Waals surface area (Å²) < 4.78 is 0. The van der Waals surface area contributed by atoms with Gasteiger partial charge in [-0.05, 0) is 50.8 Å². The topological polar surface area (TPSA) is 15.3 Å². The third-order valence-corrected chi connectivity index (χ3v) is 3.45. The molecule has 0 radical (unpaired) electrons. The fourth-order valence-corrected chi connectivity index (χ4v) is 2.34. The number of hydrogen-bond acceptors (Lipinski definition) is 2. The van der Waals surface area contributed by atoms with E-state index in [1.807, 2.05) is 0 Å². The van der Waals surface area contributed by atoms with E-state index in [0.717, 1.165) is 0 Å². The van der Waals surface area contributed by atoms with Crippen molar-refractivity contribution in [3.05, 3.63) is 29.3 Å². The van der Waals surface area contributed by atoms with Crippen LogP contribution in [0.5, 0.6) is 0 Å². The summed E-state index contributed by atoms with van der Waals surface area (Å²) in [6.07, 6.45) is 3.14. The highest BCUT2D eigenvalue weighted by Crippen LogP contribution is 2.19. The van der Waals surface area contributed by atoms with Crippen molar-refractivity contribution in [3.8, 4) is 0 Å². The predicted molar refractivity (Wildman–Crippen MR) is 69.8 cm³/mol. The Bertz CT molecular complexity index is 354. The average molecular weight is 218 g/mol. The second-order valence-corrected chi connectivity index (χ2v) is 4.88. The maximum absolute atomic E-state index is 3.62. The number of aryl methyl sites for hydroxylation is 2. The molecule has 1 aliphatic heterocycles. The van der Waals surface area contributed by atoms with E-state index in [0.29, 0.717) is 6.17 Å². The molecule has 0 bridgehead atoms. The zero-order valence-corrected chi connectivity index (χ0v) is 10.6. The van der Waals surface area contributed by atoms with Gasteiger partial charge < -0.3 is 5.32 Å². The van der Waals surface area contributed by atoms with Crippen molar-refractivity contribution in [2.75, 3.05) is 18.4 Å². The maximum atomic E-state index is 3.62. The molecular formula is C14H22N2. The quantitative estimate of drug-likeness (QED) is 0.838. The van der Waals surface area contributed by atoms with Crippen LogP contribution >= 0.6 is 0 Å². The molecule has 1 N–H and O–H groups in total. The van der Waals surface area contributed by atoms with Crippen LogP contribution in [-0.2, 0) is 0 Å². The van der Waals surface area contributed by atoms with Crippen molar-refractivity contribution >= 4 is 5.69 Å². The predicted octanol–water partition coefficient (Wildman–Crippen LogP) is 3.16. The standard InChI is InChI=1S/C14H22N2/c1-11-6-7-12(2)14(10-11)15-13(3)16-8-4-5-9-16/h6-7,10,13,15H,4-5,8-9H2,1-3H3. The minimum absolute atomic E-state index is 0.447. The molecule has 1 fully saturated rings. The minimum atomic E-state index is 0.447. The summed E-state index contributed by atoms with van der Waals surface area (Å²) in [5, 5.41) is 3.62. The molecule has 2 nitrogen and oxygen atoms in total. The van der Waals surface area contributed by atoms with Crippen LogP contribution in [0, 0.1) is 13.8 Å². The summed E-state index contributed by atoms with van der Waals surface area (Å²) in [5.74, 6) is 0. The van der Waals surface area contributed by atoms with Gasteiger partial charge >= 0.3 is 0 Å². The zero-order chi connectivity index (χ0) is 11.5. The van der Waals surface area contributed by atoms with Gasteiger partial charge in [0.1, 0.15) is 0 Å². The number of anilines is 1. The first-order valence-corrected chi connectivity index (χ1v) is 6.24. The first-order valence-electron chi connectivity index (χ1n) is 6.24. The third kappa shape index (κ3) is 2.56. The van der Waals surface area contributed by atoms with Gasteiger partial charge in [-0.2, -0.15) is 0 Å². The molecule has 88 valence electrons. The van der Waals surface area contributed by atoms with Crippen LogP contribution < -0.4 is 5.32 Å². The van der Waals surface area contributed by atoms with Gasteiger partial charge in [-0.15, -0.1) is 0 Å². The summed E-state index contributed by atoms with van der Waals surface area (Å²) in [7, 11) is 0. The van der Waals surface area contributed by atoms with Crippen molar-refractivity contribution in [1.82, 2.24) is 4.90 Å². The average Bonchev–Trinajstić information content (AvgIpc) is 2.76. The Balaban J connectivity index is 2.04. The van der Waals surface area contributed by atoms with E-state index in [4.69, 9.17) is 0 Å². The molecule has 1 heterocycles. The molecule has 0 aliphatic carbocycles. The van der Waals surface area contributed by atoms with Gasteiger partial charge in [-0.25, -0.2) is 0 Å². The van der Waals surface area contributed by atoms with Gasteiger partial charge in [0.15, 0.2) is 0 Å². The van der Waals surface area contributed by atoms with E-state index >= 15 is 0 Å². The van der Waals surface area contributed by atoms with Crippen LogP contribution in [0.25, 0.3) is 0 Å². The number of hydrogen-bond donors (Lipinski definition) is 1. The van der Waals surface area contributed by atoms with Crippen molar-refractivity contribution in [1.29, 1.82) is 0 Å². The molecule has 2 heteroatoms. The number of benzene rings is 1. The summed E-state index contributed by atoms with van der Waals surface area (Å²) >= 11 is 0. The highest BCUT2D eigenvalue weighted by molar-refractivity contribution is 5.52. The Kier molecular flexibility index (Phi) is 3.49. The zero-order valence-electron chi connectivity index (χ0n) is 10.6. The lowest BCUT2D eigenvalue weighted by Gasteiger charge is -2.26. The minimum Gasteiger partial charge on any atom is -0.370 e. The van der Waals surface area contributed by atoms with E-state index in [1.54, 1.807) is 0 Å². The molecule has 1 aromatic rings. The molecule has 0 amide bonds. The molecule has 1 aliphatic rings. The molecule has 1 aromatic carbocycles. The van der Waals surface area contributed by atoms with Crippen LogP contribution in [0.3, 0.4) is 0 Å². The van der Waals surface area contributed by atoms with Gasteiger partial charge in [0.2, 0.25) is 0 Å². The Morgan fingerprint density at radius 2 is 1.88 bits per heavy atom. The van der Waals surface area contributed by atoms with E-state index in [9.17, 15) is 0 Å². The van der Waals surface area contributed by atoms with Crippen LogP contribution in [0.1, 0.15) is 30.9 Å². The lowest BCUT2D eigenvalue weighted by molar-refractivity contribution is 0.283. The third-order valence-electron chi connectivity index (χ3n) is 3.45. The molecular weight excluding hydrogens is 196 g/mol. The van der Waals surface area contributed by atoms with Crippen LogP contribution in [-0.4, -0.2) is 24.2 Å². The van der Waals surface area contributed by atoms with Crippen molar-refractivity contribution < 1.29 is 0 Å². The normalized spacial score (nSPS) is 18.7. The summed E-state index contributed by atoms with van der Waals surface area (Å²) in [6, 6.07) is 6.59. The largest absolute Gasteiger partial charge is 0.370 e. The van der Waals surface area contributed by atoms with Crippen molar-refractivity contribution in [2.45, 2.75) is 39.8 Å². The molecule has 0 spiro atoms. The van der Waals surface area contributed by atoms with E-state index in [2.05, 4.69) is 49.2 Å². The van der Waals surface area contributed by atoms with Gasteiger partial charge in [-0.3, -0.25) is 4.90 Å². The molecule has 0 aromatic heterocycles. The second kappa shape index (κ2) is 4.88. The lowest BCUT2D eigenvalue weighted by Crippen LogP contribution is -2.36. The van der Waals surface area contributed by atoms with Crippen molar-refractivity contribution in [2.24, 2.45) is 0 Å². The highest BCUT2D eigenvalue weighted by Gasteiger charge is 2.17. The Morgan fingerprint density at radius 3 is 2.56 bits per heavy atom. The Morgan fingerprint density at radius 1 is 1.19 bits per heavy atom. The highest BCUT2D eigenvalue weighted by atomic mass is 15.3. The van der Waals surface area contributed by atoms with Gasteiger partial charge in [-0.1, -0.05) is 12.1 Å². The summed E-state index contributed by atoms with van der Waals surface area (Å²) in [4.78, 5) is 2.52. The molecule has 2 rings (SSSR count). The van der Waals surface area contributed by atoms with Gasteiger partial charge in [0.25, 0.3) is 0 Å². The smallest absolute Gasteiger partial charge is 0.0764 e. The second-order valence-electron chi connectivity index (χ2n) is 4.88. The van der Waals surface area contributed by atoms with Gasteiger partial charge in [0, 0.05) is 18.8 Å². The number of nitrogens with zero attached hydrogens (tertiary/aromatic N) is 1. The maximum Gasteiger partial charge on any atom is 0.0764 e. The molecule has 0 saturated carbocycles. The fourth-order valence-electron chi connectivity index (χ4n) is 2.34. The SMILES string of the molecule is Cc1ccc(C)c(NC(C)N2CCCC2)c1. The molecule has 1 atom stereocenters. The van der Waals surface area contributed by atoms with Crippen LogP contribution in [0.4, 0.5) is 5.69 Å². The Labute approximate surface area is 98.7 Å². The number of nitrogens with one attached hydrogen (secondary N) is 1. The van der Waals surface area contributed by atoms with Gasteiger partial charge in [0.05, 0.1) is 6.17 Å². The first kappa shape index (κ1) is 11.5. The van der Waals surface area contributed by atoms with E-state index in [-0.39, 0.29) is 0 Å². The number of rotatable bonds is 3. The van der Waals surface area contributed by atoms with Crippen LogP contribution in [0.2, 0.25) is 0 Å². The Hall–Kier alpha value is -1.02. The molecule has 16 heavy (non-hydrogen) atoms. The van der Waals surface area contributed by atoms with Crippen molar-refractivity contribution in [3.63, 3.8) is 0 Å². The monoisotopic (exact) mass is 218 g/mol. The van der Waals surface area contributed by atoms with Crippen LogP contribution in [0.15, 0.2) is 18.2 Å². The summed E-state index contributed by atoms with van der Waals surface area (Å²) in [6.45, 7) is 9.04. The van der Waals surface area contributed by atoms with E-state index < -0.39 is 0 Å². The first-order chi connectivity index (χ1) is 7.66. The molecule has 1 saturated heterocycles. The number of likely N-dealkylation sites (tertiary alicyclic amines) is 1. The fraction of sp³-hybridized carbons (Fsp3) is 0.571.